The summed E-state index contributed by atoms with van der Waals surface area (Å²) in [6.07, 6.45) is 52.8. The molecule has 0 aromatic heterocycles. The highest BCUT2D eigenvalue weighted by Crippen LogP contribution is 2.09. The molecular weight excluding hydrogens is 661 g/mol. The maximum atomic E-state index is 12.6. The SMILES string of the molecule is CC/C=C\C/C=C\C/C=C\CCCC(=O)OCC(COC(=O)CC/C=C\C/C=C\CCCCCCCC)OC(=O)CCC/C=C\C/C=C\C/C=C\CC. The number of allylic oxidation sites excluding steroid dienone is 16. The summed E-state index contributed by atoms with van der Waals surface area (Å²) in [5.74, 6) is -1.13. The largest absolute Gasteiger partial charge is 0.462 e. The van der Waals surface area contributed by atoms with Gasteiger partial charge in [-0.3, -0.25) is 14.4 Å². The zero-order valence-electron chi connectivity index (χ0n) is 33.7. The third-order valence-electron chi connectivity index (χ3n) is 8.07. The van der Waals surface area contributed by atoms with Gasteiger partial charge in [-0.25, -0.2) is 0 Å². The highest BCUT2D eigenvalue weighted by Gasteiger charge is 2.19. The van der Waals surface area contributed by atoms with Crippen LogP contribution in [0.1, 0.15) is 162 Å². The van der Waals surface area contributed by atoms with Crippen molar-refractivity contribution >= 4 is 17.9 Å². The van der Waals surface area contributed by atoms with Gasteiger partial charge in [-0.1, -0.05) is 150 Å². The second kappa shape index (κ2) is 41.1. The molecule has 53 heavy (non-hydrogen) atoms. The fourth-order valence-electron chi connectivity index (χ4n) is 5.01. The Labute approximate surface area is 324 Å². The van der Waals surface area contributed by atoms with Crippen LogP contribution < -0.4 is 0 Å². The van der Waals surface area contributed by atoms with Crippen LogP contribution in [0, 0.1) is 0 Å². The topological polar surface area (TPSA) is 78.9 Å². The summed E-state index contributed by atoms with van der Waals surface area (Å²) in [7, 11) is 0. The quantitative estimate of drug-likeness (QED) is 0.0279. The second-order valence-electron chi connectivity index (χ2n) is 13.1. The molecule has 0 aromatic carbocycles. The normalized spacial score (nSPS) is 13.0. The summed E-state index contributed by atoms with van der Waals surface area (Å²) in [6.45, 7) is 6.20. The Balaban J connectivity index is 4.61. The first-order chi connectivity index (χ1) is 26.0. The molecule has 0 radical (unpaired) electrons. The van der Waals surface area contributed by atoms with Crippen molar-refractivity contribution in [1.82, 2.24) is 0 Å². The molecular formula is C47H74O6. The van der Waals surface area contributed by atoms with Crippen LogP contribution in [-0.4, -0.2) is 37.2 Å². The van der Waals surface area contributed by atoms with Crippen molar-refractivity contribution in [1.29, 1.82) is 0 Å². The van der Waals surface area contributed by atoms with Crippen LogP contribution in [0.5, 0.6) is 0 Å². The van der Waals surface area contributed by atoms with E-state index in [1.54, 1.807) is 0 Å². The highest BCUT2D eigenvalue weighted by molar-refractivity contribution is 5.71. The Morgan fingerprint density at radius 2 is 0.774 bits per heavy atom. The summed E-state index contributed by atoms with van der Waals surface area (Å²) >= 11 is 0. The Morgan fingerprint density at radius 3 is 1.26 bits per heavy atom. The van der Waals surface area contributed by atoms with E-state index in [1.165, 1.54) is 38.5 Å². The van der Waals surface area contributed by atoms with Crippen molar-refractivity contribution in [3.8, 4) is 0 Å². The Hall–Kier alpha value is -3.67. The predicted molar refractivity (Wildman–Crippen MR) is 224 cm³/mol. The van der Waals surface area contributed by atoms with Gasteiger partial charge in [0.1, 0.15) is 13.2 Å². The lowest BCUT2D eigenvalue weighted by atomic mass is 10.1. The summed E-state index contributed by atoms with van der Waals surface area (Å²) < 4.78 is 16.5. The lowest BCUT2D eigenvalue weighted by Crippen LogP contribution is -2.30. The summed E-state index contributed by atoms with van der Waals surface area (Å²) in [5, 5.41) is 0. The first-order valence-corrected chi connectivity index (χ1v) is 20.7. The molecule has 1 unspecified atom stereocenters. The monoisotopic (exact) mass is 735 g/mol. The molecule has 0 bridgehead atoms. The minimum absolute atomic E-state index is 0.143. The maximum absolute atomic E-state index is 12.6. The van der Waals surface area contributed by atoms with Gasteiger partial charge >= 0.3 is 17.9 Å². The van der Waals surface area contributed by atoms with Gasteiger partial charge in [-0.15, -0.1) is 0 Å². The molecule has 6 nitrogen and oxygen atoms in total. The number of hydrogen-bond donors (Lipinski definition) is 0. The molecule has 6 heteroatoms. The second-order valence-corrected chi connectivity index (χ2v) is 13.1. The molecule has 0 rings (SSSR count). The van der Waals surface area contributed by atoms with Gasteiger partial charge in [0.25, 0.3) is 0 Å². The maximum Gasteiger partial charge on any atom is 0.306 e. The molecule has 0 aliphatic heterocycles. The van der Waals surface area contributed by atoms with Crippen LogP contribution in [0.2, 0.25) is 0 Å². The van der Waals surface area contributed by atoms with Crippen LogP contribution in [0.25, 0.3) is 0 Å². The third-order valence-corrected chi connectivity index (χ3v) is 8.07. The van der Waals surface area contributed by atoms with Crippen molar-refractivity contribution < 1.29 is 28.6 Å². The molecule has 298 valence electrons. The molecule has 0 spiro atoms. The minimum atomic E-state index is -0.844. The summed E-state index contributed by atoms with van der Waals surface area (Å²) in [4.78, 5) is 37.5. The fraction of sp³-hybridized carbons (Fsp3) is 0.596. The van der Waals surface area contributed by atoms with E-state index in [0.29, 0.717) is 19.3 Å². The van der Waals surface area contributed by atoms with E-state index in [2.05, 4.69) is 112 Å². The zero-order chi connectivity index (χ0) is 38.7. The molecule has 0 fully saturated rings. The number of hydrogen-bond acceptors (Lipinski definition) is 6. The average Bonchev–Trinajstić information content (AvgIpc) is 3.15. The number of rotatable bonds is 35. The van der Waals surface area contributed by atoms with Crippen molar-refractivity contribution in [2.75, 3.05) is 13.2 Å². The number of carbonyl (C=O) groups is 3. The van der Waals surface area contributed by atoms with E-state index in [9.17, 15) is 14.4 Å². The van der Waals surface area contributed by atoms with Crippen LogP contribution in [0.3, 0.4) is 0 Å². The highest BCUT2D eigenvalue weighted by atomic mass is 16.6. The van der Waals surface area contributed by atoms with Crippen molar-refractivity contribution in [2.45, 2.75) is 168 Å². The third kappa shape index (κ3) is 39.4. The van der Waals surface area contributed by atoms with Crippen LogP contribution in [-0.2, 0) is 28.6 Å². The van der Waals surface area contributed by atoms with Gasteiger partial charge in [0, 0.05) is 19.3 Å². The summed E-state index contributed by atoms with van der Waals surface area (Å²) in [6, 6.07) is 0. The molecule has 0 saturated carbocycles. The predicted octanol–water partition coefficient (Wildman–Crippen LogP) is 13.1. The molecule has 0 N–H and O–H groups in total. The Morgan fingerprint density at radius 1 is 0.396 bits per heavy atom. The van der Waals surface area contributed by atoms with E-state index >= 15 is 0 Å². The van der Waals surface area contributed by atoms with Crippen molar-refractivity contribution in [2.24, 2.45) is 0 Å². The molecule has 0 aromatic rings. The molecule has 0 heterocycles. The number of carbonyl (C=O) groups excluding carboxylic acids is 3. The molecule has 0 aliphatic rings. The standard InChI is InChI=1S/C47H74O6/c1-4-7-10-13-16-19-22-23-26-28-31-34-37-40-46(49)52-43-44(53-47(50)41-38-35-32-29-25-21-18-15-12-9-6-3)42-51-45(48)39-36-33-30-27-24-20-17-14-11-8-5-2/h8-9,11-12,17-18,20-21,23,26-27,29-32,34,44H,4-7,10,13-16,19,22,24-25,28,33,35-43H2,1-3H3/b11-8-,12-9-,20-17-,21-18-,26-23-,30-27-,32-29-,34-31-. The van der Waals surface area contributed by atoms with Crippen molar-refractivity contribution in [3.05, 3.63) is 97.2 Å². The van der Waals surface area contributed by atoms with E-state index in [-0.39, 0.29) is 44.4 Å². The van der Waals surface area contributed by atoms with E-state index in [0.717, 1.165) is 64.2 Å². The Bertz CT molecular complexity index is 1120. The first-order valence-electron chi connectivity index (χ1n) is 20.7. The lowest BCUT2D eigenvalue weighted by Gasteiger charge is -2.18. The zero-order valence-corrected chi connectivity index (χ0v) is 33.7. The van der Waals surface area contributed by atoms with Gasteiger partial charge in [0.2, 0.25) is 0 Å². The smallest absolute Gasteiger partial charge is 0.306 e. The molecule has 0 amide bonds. The van der Waals surface area contributed by atoms with Crippen LogP contribution in [0.4, 0.5) is 0 Å². The number of ether oxygens (including phenoxy) is 3. The van der Waals surface area contributed by atoms with E-state index in [1.807, 2.05) is 6.08 Å². The average molecular weight is 735 g/mol. The molecule has 1 atom stereocenters. The summed E-state index contributed by atoms with van der Waals surface area (Å²) in [5.41, 5.74) is 0. The van der Waals surface area contributed by atoms with Gasteiger partial charge in [0.15, 0.2) is 6.10 Å². The fourth-order valence-corrected chi connectivity index (χ4v) is 5.01. The van der Waals surface area contributed by atoms with E-state index in [4.69, 9.17) is 14.2 Å². The molecule has 0 saturated heterocycles. The minimum Gasteiger partial charge on any atom is -0.462 e. The van der Waals surface area contributed by atoms with Gasteiger partial charge < -0.3 is 14.2 Å². The van der Waals surface area contributed by atoms with E-state index < -0.39 is 12.1 Å². The van der Waals surface area contributed by atoms with Crippen molar-refractivity contribution in [3.63, 3.8) is 0 Å². The van der Waals surface area contributed by atoms with Gasteiger partial charge in [0.05, 0.1) is 0 Å². The Kier molecular flexibility index (Phi) is 38.2. The molecule has 0 aliphatic carbocycles. The number of esters is 3. The van der Waals surface area contributed by atoms with Gasteiger partial charge in [-0.2, -0.15) is 0 Å². The van der Waals surface area contributed by atoms with Crippen LogP contribution in [0.15, 0.2) is 97.2 Å². The lowest BCUT2D eigenvalue weighted by molar-refractivity contribution is -0.166. The number of unbranched alkanes of at least 4 members (excludes halogenated alkanes) is 8. The first kappa shape index (κ1) is 49.3. The van der Waals surface area contributed by atoms with Crippen LogP contribution >= 0.6 is 0 Å². The van der Waals surface area contributed by atoms with Gasteiger partial charge in [-0.05, 0) is 89.9 Å².